The highest BCUT2D eigenvalue weighted by Gasteiger charge is 2.01. The first-order chi connectivity index (χ1) is 10.6. The molecule has 0 saturated carbocycles. The van der Waals surface area contributed by atoms with E-state index >= 15 is 0 Å². The zero-order valence-corrected chi connectivity index (χ0v) is 14.2. The quantitative estimate of drug-likeness (QED) is 0.546. The number of anilines is 1. The minimum atomic E-state index is -0.134. The van der Waals surface area contributed by atoms with Crippen LogP contribution in [0, 0.1) is 0 Å². The molecular weight excluding hydrogens is 322 g/mol. The summed E-state index contributed by atoms with van der Waals surface area (Å²) in [4.78, 5) is 22.4. The van der Waals surface area contributed by atoms with Gasteiger partial charge in [0.2, 0.25) is 11.8 Å². The van der Waals surface area contributed by atoms with Crippen LogP contribution < -0.4 is 20.7 Å². The SMILES string of the molecule is COCCNCC(=O)NCCOc1cccc(NC(C)=O)c1.Cl. The van der Waals surface area contributed by atoms with Gasteiger partial charge in [0.05, 0.1) is 19.7 Å². The van der Waals surface area contributed by atoms with Crippen molar-refractivity contribution in [2.45, 2.75) is 6.92 Å². The molecule has 8 heteroatoms. The van der Waals surface area contributed by atoms with Crippen molar-refractivity contribution >= 4 is 29.9 Å². The molecule has 1 rings (SSSR count). The van der Waals surface area contributed by atoms with Crippen molar-refractivity contribution in [2.75, 3.05) is 45.3 Å². The van der Waals surface area contributed by atoms with Crippen LogP contribution in [0.4, 0.5) is 5.69 Å². The minimum Gasteiger partial charge on any atom is -0.492 e. The van der Waals surface area contributed by atoms with E-state index in [0.29, 0.717) is 37.7 Å². The Kier molecular flexibility index (Phi) is 11.7. The summed E-state index contributed by atoms with van der Waals surface area (Å²) in [6.07, 6.45) is 0. The Morgan fingerprint density at radius 1 is 1.17 bits per heavy atom. The number of rotatable bonds is 10. The van der Waals surface area contributed by atoms with Crippen molar-refractivity contribution in [3.05, 3.63) is 24.3 Å². The number of ether oxygens (including phenoxy) is 2. The number of benzene rings is 1. The van der Waals surface area contributed by atoms with E-state index in [-0.39, 0.29) is 30.8 Å². The molecule has 0 heterocycles. The number of carbonyl (C=O) groups excluding carboxylic acids is 2. The zero-order valence-electron chi connectivity index (χ0n) is 13.4. The average Bonchev–Trinajstić information content (AvgIpc) is 2.48. The first kappa shape index (κ1) is 21.2. The first-order valence-electron chi connectivity index (χ1n) is 7.08. The summed E-state index contributed by atoms with van der Waals surface area (Å²) in [5.74, 6) is 0.413. The molecule has 1 aromatic rings. The maximum Gasteiger partial charge on any atom is 0.234 e. The van der Waals surface area contributed by atoms with Crippen molar-refractivity contribution in [2.24, 2.45) is 0 Å². The van der Waals surface area contributed by atoms with E-state index < -0.39 is 0 Å². The van der Waals surface area contributed by atoms with Crippen LogP contribution in [0.3, 0.4) is 0 Å². The third kappa shape index (κ3) is 10.5. The molecule has 0 radical (unpaired) electrons. The van der Waals surface area contributed by atoms with Gasteiger partial charge in [0, 0.05) is 32.3 Å². The van der Waals surface area contributed by atoms with Gasteiger partial charge in [-0.25, -0.2) is 0 Å². The molecule has 0 atom stereocenters. The fraction of sp³-hybridized carbons (Fsp3) is 0.467. The predicted octanol–water partition coefficient (Wildman–Crippen LogP) is 0.798. The number of hydrogen-bond donors (Lipinski definition) is 3. The van der Waals surface area contributed by atoms with E-state index in [1.165, 1.54) is 6.92 Å². The van der Waals surface area contributed by atoms with Crippen LogP contribution in [0.2, 0.25) is 0 Å². The van der Waals surface area contributed by atoms with Gasteiger partial charge in [0.1, 0.15) is 12.4 Å². The normalized spacial score (nSPS) is 9.65. The minimum absolute atomic E-state index is 0. The van der Waals surface area contributed by atoms with Crippen LogP contribution in [0.1, 0.15) is 6.92 Å². The molecule has 130 valence electrons. The lowest BCUT2D eigenvalue weighted by molar-refractivity contribution is -0.120. The predicted molar refractivity (Wildman–Crippen MR) is 91.2 cm³/mol. The Bertz CT molecular complexity index is 486. The van der Waals surface area contributed by atoms with E-state index in [1.54, 1.807) is 31.4 Å². The fourth-order valence-electron chi connectivity index (χ4n) is 1.66. The summed E-state index contributed by atoms with van der Waals surface area (Å²) < 4.78 is 10.4. The van der Waals surface area contributed by atoms with Crippen LogP contribution in [-0.2, 0) is 14.3 Å². The number of halogens is 1. The fourth-order valence-corrected chi connectivity index (χ4v) is 1.66. The highest BCUT2D eigenvalue weighted by atomic mass is 35.5. The smallest absolute Gasteiger partial charge is 0.234 e. The molecule has 3 N–H and O–H groups in total. The Balaban J connectivity index is 0.00000484. The maximum absolute atomic E-state index is 11.5. The van der Waals surface area contributed by atoms with Crippen LogP contribution in [0.25, 0.3) is 0 Å². The standard InChI is InChI=1S/C15H23N3O4.ClH/c1-12(19)18-13-4-3-5-14(10-13)22-9-7-17-15(20)11-16-6-8-21-2;/h3-5,10,16H,6-9,11H2,1-2H3,(H,17,20)(H,18,19);1H. The molecule has 0 saturated heterocycles. The van der Waals surface area contributed by atoms with Gasteiger partial charge >= 0.3 is 0 Å². The molecular formula is C15H24ClN3O4. The third-order valence-corrected chi connectivity index (χ3v) is 2.62. The van der Waals surface area contributed by atoms with Crippen molar-refractivity contribution in [1.29, 1.82) is 0 Å². The van der Waals surface area contributed by atoms with Gasteiger partial charge in [0.15, 0.2) is 0 Å². The number of nitrogens with one attached hydrogen (secondary N) is 3. The van der Waals surface area contributed by atoms with Gasteiger partial charge in [-0.2, -0.15) is 0 Å². The number of amides is 2. The Morgan fingerprint density at radius 3 is 2.65 bits per heavy atom. The molecule has 0 aromatic heterocycles. The number of carbonyl (C=O) groups is 2. The number of hydrogen-bond acceptors (Lipinski definition) is 5. The molecule has 1 aromatic carbocycles. The highest BCUT2D eigenvalue weighted by Crippen LogP contribution is 2.16. The molecule has 7 nitrogen and oxygen atoms in total. The van der Waals surface area contributed by atoms with Crippen molar-refractivity contribution in [3.8, 4) is 5.75 Å². The maximum atomic E-state index is 11.5. The van der Waals surface area contributed by atoms with Crippen molar-refractivity contribution in [1.82, 2.24) is 10.6 Å². The lowest BCUT2D eigenvalue weighted by Gasteiger charge is -2.09. The molecule has 0 fully saturated rings. The zero-order chi connectivity index (χ0) is 16.2. The van der Waals surface area contributed by atoms with Gasteiger partial charge in [0.25, 0.3) is 0 Å². The van der Waals surface area contributed by atoms with Crippen LogP contribution in [-0.4, -0.2) is 51.8 Å². The monoisotopic (exact) mass is 345 g/mol. The van der Waals surface area contributed by atoms with Crippen LogP contribution >= 0.6 is 12.4 Å². The Morgan fingerprint density at radius 2 is 1.96 bits per heavy atom. The lowest BCUT2D eigenvalue weighted by atomic mass is 10.3. The molecule has 0 aliphatic carbocycles. The second-order valence-corrected chi connectivity index (χ2v) is 4.58. The summed E-state index contributed by atoms with van der Waals surface area (Å²) in [5, 5.41) is 8.37. The number of methoxy groups -OCH3 is 1. The van der Waals surface area contributed by atoms with Gasteiger partial charge in [-0.05, 0) is 12.1 Å². The van der Waals surface area contributed by atoms with Gasteiger partial charge in [-0.15, -0.1) is 12.4 Å². The first-order valence-corrected chi connectivity index (χ1v) is 7.08. The largest absolute Gasteiger partial charge is 0.492 e. The molecule has 23 heavy (non-hydrogen) atoms. The van der Waals surface area contributed by atoms with E-state index in [0.717, 1.165) is 0 Å². The molecule has 0 aliphatic heterocycles. The second kappa shape index (κ2) is 12.7. The van der Waals surface area contributed by atoms with Crippen LogP contribution in [0.15, 0.2) is 24.3 Å². The highest BCUT2D eigenvalue weighted by molar-refractivity contribution is 5.88. The molecule has 0 unspecified atom stereocenters. The average molecular weight is 346 g/mol. The summed E-state index contributed by atoms with van der Waals surface area (Å²) >= 11 is 0. The van der Waals surface area contributed by atoms with E-state index in [4.69, 9.17) is 9.47 Å². The topological polar surface area (TPSA) is 88.7 Å². The third-order valence-electron chi connectivity index (χ3n) is 2.62. The molecule has 2 amide bonds. The Labute approximate surface area is 142 Å². The molecule has 0 bridgehead atoms. The van der Waals surface area contributed by atoms with E-state index in [2.05, 4.69) is 16.0 Å². The van der Waals surface area contributed by atoms with Gasteiger partial charge < -0.3 is 25.4 Å². The van der Waals surface area contributed by atoms with Crippen molar-refractivity contribution in [3.63, 3.8) is 0 Å². The molecule has 0 aliphatic rings. The van der Waals surface area contributed by atoms with Crippen molar-refractivity contribution < 1.29 is 19.1 Å². The second-order valence-electron chi connectivity index (χ2n) is 4.58. The lowest BCUT2D eigenvalue weighted by Crippen LogP contribution is -2.37. The van der Waals surface area contributed by atoms with E-state index in [1.807, 2.05) is 0 Å². The summed E-state index contributed by atoms with van der Waals surface area (Å²) in [6.45, 7) is 3.67. The van der Waals surface area contributed by atoms with E-state index in [9.17, 15) is 9.59 Å². The molecule has 0 spiro atoms. The Hall–Kier alpha value is -1.83. The van der Waals surface area contributed by atoms with Gasteiger partial charge in [-0.3, -0.25) is 9.59 Å². The summed E-state index contributed by atoms with van der Waals surface area (Å²) in [6, 6.07) is 7.09. The summed E-state index contributed by atoms with van der Waals surface area (Å²) in [5.41, 5.74) is 0.677. The van der Waals surface area contributed by atoms with Crippen LogP contribution in [0.5, 0.6) is 5.75 Å². The van der Waals surface area contributed by atoms with Gasteiger partial charge in [-0.1, -0.05) is 6.07 Å². The summed E-state index contributed by atoms with van der Waals surface area (Å²) in [7, 11) is 1.61.